The minimum atomic E-state index is -3.77. The third-order valence-corrected chi connectivity index (χ3v) is 4.89. The van der Waals surface area contributed by atoms with Crippen LogP contribution in [0.1, 0.15) is 6.92 Å². The first-order valence-electron chi connectivity index (χ1n) is 8.09. The van der Waals surface area contributed by atoms with E-state index in [1.807, 2.05) is 0 Å². The van der Waals surface area contributed by atoms with E-state index < -0.39 is 27.8 Å². The van der Waals surface area contributed by atoms with Gasteiger partial charge in [-0.05, 0) is 55.5 Å². The summed E-state index contributed by atoms with van der Waals surface area (Å²) < 4.78 is 56.4. The molecule has 0 saturated heterocycles. The van der Waals surface area contributed by atoms with Crippen LogP contribution in [0.4, 0.5) is 14.5 Å². The van der Waals surface area contributed by atoms with E-state index in [9.17, 15) is 22.0 Å². The molecule has 0 unspecified atom stereocenters. The van der Waals surface area contributed by atoms with Crippen LogP contribution >= 0.6 is 0 Å². The van der Waals surface area contributed by atoms with Gasteiger partial charge >= 0.3 is 0 Å². The second-order valence-electron chi connectivity index (χ2n) is 5.80. The second-order valence-corrected chi connectivity index (χ2v) is 7.66. The van der Waals surface area contributed by atoms with Gasteiger partial charge in [0, 0.05) is 0 Å². The molecule has 0 heterocycles. The summed E-state index contributed by atoms with van der Waals surface area (Å²) in [6, 6.07) is 9.19. The highest BCUT2D eigenvalue weighted by Crippen LogP contribution is 2.21. The van der Waals surface area contributed by atoms with Crippen LogP contribution < -0.4 is 14.4 Å². The highest BCUT2D eigenvalue weighted by Gasteiger charge is 2.28. The number of rotatable bonds is 8. The van der Waals surface area contributed by atoms with Gasteiger partial charge in [-0.15, -0.1) is 0 Å². The van der Waals surface area contributed by atoms with E-state index in [1.54, 1.807) is 0 Å². The molecule has 2 rings (SSSR count). The van der Waals surface area contributed by atoms with Crippen LogP contribution in [0, 0.1) is 11.6 Å². The van der Waals surface area contributed by atoms with Gasteiger partial charge in [0.2, 0.25) is 15.9 Å². The van der Waals surface area contributed by atoms with Gasteiger partial charge in [0.25, 0.3) is 0 Å². The molecule has 2 aromatic carbocycles. The summed E-state index contributed by atoms with van der Waals surface area (Å²) in [5.74, 6) is -0.983. The lowest BCUT2D eigenvalue weighted by atomic mass is 10.2. The fraction of sp³-hybridized carbons (Fsp3) is 0.278. The first-order chi connectivity index (χ1) is 12.7. The Hall–Kier alpha value is -2.68. The lowest BCUT2D eigenvalue weighted by Crippen LogP contribution is -2.48. The Bertz CT molecular complexity index is 871. The molecule has 0 bridgehead atoms. The smallest absolute Gasteiger partial charge is 0.243 e. The number of halogens is 2. The van der Waals surface area contributed by atoms with E-state index >= 15 is 0 Å². The fourth-order valence-electron chi connectivity index (χ4n) is 2.42. The number of carbonyl (C=O) groups excluding carboxylic acids is 1. The number of benzene rings is 2. The lowest BCUT2D eigenvalue weighted by molar-refractivity contribution is -0.121. The third-order valence-electron chi connectivity index (χ3n) is 3.65. The van der Waals surface area contributed by atoms with Gasteiger partial charge in [-0.3, -0.25) is 9.10 Å². The number of hydrogen-bond acceptors (Lipinski definition) is 4. The maximum absolute atomic E-state index is 13.1. The Kier molecular flexibility index (Phi) is 6.73. The van der Waals surface area contributed by atoms with Gasteiger partial charge in [-0.25, -0.2) is 17.2 Å². The van der Waals surface area contributed by atoms with Crippen LogP contribution in [-0.4, -0.2) is 39.8 Å². The maximum Gasteiger partial charge on any atom is 0.243 e. The van der Waals surface area contributed by atoms with E-state index in [2.05, 4.69) is 5.32 Å². The number of sulfonamides is 1. The minimum absolute atomic E-state index is 0.125. The molecule has 0 aliphatic heterocycles. The van der Waals surface area contributed by atoms with Crippen LogP contribution in [-0.2, 0) is 14.8 Å². The summed E-state index contributed by atoms with van der Waals surface area (Å²) >= 11 is 0. The molecule has 0 radical (unpaired) electrons. The zero-order valence-electron chi connectivity index (χ0n) is 14.9. The number of ether oxygens (including phenoxy) is 1. The Balaban J connectivity index is 1.96. The molecule has 0 fully saturated rings. The van der Waals surface area contributed by atoms with E-state index in [4.69, 9.17) is 4.74 Å². The van der Waals surface area contributed by atoms with Crippen molar-refractivity contribution in [1.29, 1.82) is 0 Å². The number of carbonyl (C=O) groups is 1. The van der Waals surface area contributed by atoms with E-state index in [1.165, 1.54) is 43.3 Å². The average molecular weight is 398 g/mol. The quantitative estimate of drug-likeness (QED) is 0.693. The summed E-state index contributed by atoms with van der Waals surface area (Å²) in [6.45, 7) is 1.68. The van der Waals surface area contributed by atoms with Crippen LogP contribution in [0.25, 0.3) is 0 Å². The van der Waals surface area contributed by atoms with Crippen molar-refractivity contribution in [2.24, 2.45) is 0 Å². The number of anilines is 1. The van der Waals surface area contributed by atoms with Crippen LogP contribution in [0.3, 0.4) is 0 Å². The zero-order chi connectivity index (χ0) is 20.0. The molecule has 146 valence electrons. The van der Waals surface area contributed by atoms with Crippen molar-refractivity contribution in [1.82, 2.24) is 5.32 Å². The summed E-state index contributed by atoms with van der Waals surface area (Å²) in [5.41, 5.74) is 0.184. The number of nitrogens with zero attached hydrogens (tertiary/aromatic N) is 1. The summed E-state index contributed by atoms with van der Waals surface area (Å²) in [4.78, 5) is 12.3. The van der Waals surface area contributed by atoms with Crippen molar-refractivity contribution < 1.29 is 26.7 Å². The van der Waals surface area contributed by atoms with Crippen molar-refractivity contribution in [2.75, 3.05) is 23.7 Å². The molecule has 27 heavy (non-hydrogen) atoms. The largest absolute Gasteiger partial charge is 0.492 e. The average Bonchev–Trinajstić information content (AvgIpc) is 2.60. The van der Waals surface area contributed by atoms with Gasteiger partial charge < -0.3 is 10.1 Å². The molecule has 0 aliphatic carbocycles. The third kappa shape index (κ3) is 5.92. The topological polar surface area (TPSA) is 75.7 Å². The molecule has 1 amide bonds. The van der Waals surface area contributed by atoms with E-state index in [0.717, 1.165) is 22.7 Å². The molecule has 0 spiro atoms. The van der Waals surface area contributed by atoms with Crippen LogP contribution in [0.5, 0.6) is 5.75 Å². The van der Waals surface area contributed by atoms with Crippen molar-refractivity contribution in [2.45, 2.75) is 13.0 Å². The SMILES string of the molecule is C[C@H](C(=O)NCCOc1ccc(F)cc1)N(c1ccc(F)cc1)S(C)(=O)=O. The highest BCUT2D eigenvalue weighted by molar-refractivity contribution is 7.92. The van der Waals surface area contributed by atoms with Crippen molar-refractivity contribution in [3.63, 3.8) is 0 Å². The number of nitrogens with one attached hydrogen (secondary N) is 1. The summed E-state index contributed by atoms with van der Waals surface area (Å²) in [5, 5.41) is 2.58. The fourth-order valence-corrected chi connectivity index (χ4v) is 3.59. The summed E-state index contributed by atoms with van der Waals surface area (Å²) in [6.07, 6.45) is 0.970. The molecule has 1 atom stereocenters. The molecule has 6 nitrogen and oxygen atoms in total. The molecule has 2 aromatic rings. The molecule has 1 N–H and O–H groups in total. The Morgan fingerprint density at radius 2 is 1.59 bits per heavy atom. The maximum atomic E-state index is 13.1. The first kappa shape index (κ1) is 20.6. The predicted octanol–water partition coefficient (Wildman–Crippen LogP) is 2.31. The normalized spacial score (nSPS) is 12.3. The van der Waals surface area contributed by atoms with Gasteiger partial charge in [0.1, 0.15) is 30.0 Å². The van der Waals surface area contributed by atoms with E-state index in [-0.39, 0.29) is 24.7 Å². The predicted molar refractivity (Wildman–Crippen MR) is 98.1 cm³/mol. The van der Waals surface area contributed by atoms with Crippen molar-refractivity contribution >= 4 is 21.6 Å². The zero-order valence-corrected chi connectivity index (χ0v) is 15.7. The first-order valence-corrected chi connectivity index (χ1v) is 9.94. The highest BCUT2D eigenvalue weighted by atomic mass is 32.2. The second kappa shape index (κ2) is 8.81. The molecule has 0 aliphatic rings. The molecule has 9 heteroatoms. The van der Waals surface area contributed by atoms with Gasteiger partial charge in [-0.1, -0.05) is 0 Å². The Morgan fingerprint density at radius 3 is 2.11 bits per heavy atom. The van der Waals surface area contributed by atoms with Gasteiger partial charge in [0.15, 0.2) is 0 Å². The van der Waals surface area contributed by atoms with Crippen LogP contribution in [0.15, 0.2) is 48.5 Å². The number of hydrogen-bond donors (Lipinski definition) is 1. The minimum Gasteiger partial charge on any atom is -0.492 e. The molecular weight excluding hydrogens is 378 g/mol. The molecule has 0 saturated carbocycles. The number of amides is 1. The Labute approximate surface area is 156 Å². The van der Waals surface area contributed by atoms with Crippen molar-refractivity contribution in [3.05, 3.63) is 60.2 Å². The standard InChI is InChI=1S/C18H20F2N2O4S/c1-13(22(27(2,24)25)16-7-3-14(19)4-8-16)18(23)21-11-12-26-17-9-5-15(20)6-10-17/h3-10,13H,11-12H2,1-2H3,(H,21,23)/t13-/m1/s1. The van der Waals surface area contributed by atoms with Crippen molar-refractivity contribution in [3.8, 4) is 5.75 Å². The summed E-state index contributed by atoms with van der Waals surface area (Å²) in [7, 11) is -3.77. The van der Waals surface area contributed by atoms with Crippen LogP contribution in [0.2, 0.25) is 0 Å². The molecular formula is C18H20F2N2O4S. The monoisotopic (exact) mass is 398 g/mol. The Morgan fingerprint density at radius 1 is 1.07 bits per heavy atom. The van der Waals surface area contributed by atoms with Gasteiger partial charge in [0.05, 0.1) is 18.5 Å². The van der Waals surface area contributed by atoms with E-state index in [0.29, 0.717) is 5.75 Å². The lowest BCUT2D eigenvalue weighted by Gasteiger charge is -2.28. The van der Waals surface area contributed by atoms with Gasteiger partial charge in [-0.2, -0.15) is 0 Å². The molecule has 0 aromatic heterocycles.